The van der Waals surface area contributed by atoms with Gasteiger partial charge in [-0.3, -0.25) is 4.79 Å². The average molecular weight is 331 g/mol. The van der Waals surface area contributed by atoms with Crippen LogP contribution < -0.4 is 5.32 Å². The van der Waals surface area contributed by atoms with E-state index in [0.29, 0.717) is 10.8 Å². The molecule has 0 aliphatic heterocycles. The lowest BCUT2D eigenvalue weighted by molar-refractivity contribution is 0.102. The second-order valence-electron chi connectivity index (χ2n) is 4.97. The number of carbonyl (C=O) groups is 1. The minimum absolute atomic E-state index is 0.126. The number of nitrogens with zero attached hydrogens (tertiary/aromatic N) is 1. The lowest BCUT2D eigenvalue weighted by Crippen LogP contribution is -2.13. The number of halogens is 1. The monoisotopic (exact) mass is 330 g/mol. The van der Waals surface area contributed by atoms with Crippen molar-refractivity contribution in [1.29, 1.82) is 0 Å². The highest BCUT2D eigenvalue weighted by atomic mass is 35.5. The average Bonchev–Trinajstić information content (AvgIpc) is 2.87. The minimum Gasteiger partial charge on any atom is -0.306 e. The van der Waals surface area contributed by atoms with Crippen molar-refractivity contribution >= 4 is 44.7 Å². The first-order valence-electron chi connectivity index (χ1n) is 7.12. The van der Waals surface area contributed by atoms with E-state index in [4.69, 9.17) is 11.6 Å². The summed E-state index contributed by atoms with van der Waals surface area (Å²) < 4.78 is 1.13. The van der Waals surface area contributed by atoms with E-state index in [1.807, 2.05) is 18.2 Å². The van der Waals surface area contributed by atoms with Crippen LogP contribution in [0, 0.1) is 0 Å². The van der Waals surface area contributed by atoms with E-state index < -0.39 is 0 Å². The van der Waals surface area contributed by atoms with Gasteiger partial charge in [0.1, 0.15) is 5.82 Å². The van der Waals surface area contributed by atoms with Crippen LogP contribution in [0.4, 0.5) is 5.82 Å². The topological polar surface area (TPSA) is 42.0 Å². The van der Waals surface area contributed by atoms with Gasteiger partial charge in [-0.05, 0) is 35.6 Å². The number of benzene rings is 1. The van der Waals surface area contributed by atoms with E-state index in [-0.39, 0.29) is 5.91 Å². The van der Waals surface area contributed by atoms with Gasteiger partial charge in [-0.2, -0.15) is 0 Å². The van der Waals surface area contributed by atoms with Crippen LogP contribution in [-0.2, 0) is 6.42 Å². The van der Waals surface area contributed by atoms with Crippen LogP contribution in [0.5, 0.6) is 0 Å². The van der Waals surface area contributed by atoms with Gasteiger partial charge in [0.15, 0.2) is 0 Å². The minimum atomic E-state index is -0.126. The van der Waals surface area contributed by atoms with Crippen LogP contribution in [0.25, 0.3) is 10.1 Å². The van der Waals surface area contributed by atoms with Crippen molar-refractivity contribution in [2.24, 2.45) is 0 Å². The first-order chi connectivity index (χ1) is 10.7. The molecule has 0 radical (unpaired) electrons. The molecule has 5 heteroatoms. The molecule has 0 fully saturated rings. The number of thiophene rings is 1. The Labute approximate surface area is 138 Å². The third-order valence-corrected chi connectivity index (χ3v) is 4.82. The Morgan fingerprint density at radius 3 is 2.91 bits per heavy atom. The van der Waals surface area contributed by atoms with Crippen molar-refractivity contribution in [3.63, 3.8) is 0 Å². The summed E-state index contributed by atoms with van der Waals surface area (Å²) in [6, 6.07) is 11.5. The third kappa shape index (κ3) is 2.98. The molecule has 112 valence electrons. The highest BCUT2D eigenvalue weighted by molar-refractivity contribution is 7.21. The number of hydrogen-bond acceptors (Lipinski definition) is 3. The summed E-state index contributed by atoms with van der Waals surface area (Å²) in [6.45, 7) is 2.12. The largest absolute Gasteiger partial charge is 0.306 e. The molecule has 0 saturated carbocycles. The van der Waals surface area contributed by atoms with E-state index in [9.17, 15) is 4.79 Å². The Bertz CT molecular complexity index is 828. The molecule has 0 unspecified atom stereocenters. The molecule has 3 nitrogen and oxygen atoms in total. The molecule has 2 heterocycles. The zero-order chi connectivity index (χ0) is 15.5. The molecule has 2 aromatic heterocycles. The first kappa shape index (κ1) is 15.0. The van der Waals surface area contributed by atoms with Crippen LogP contribution in [-0.4, -0.2) is 10.9 Å². The SMILES string of the molecule is CCCc1c(C(=O)Nc2cc(Cl)ccn2)sc2ccccc12. The van der Waals surface area contributed by atoms with E-state index in [2.05, 4.69) is 23.3 Å². The zero-order valence-electron chi connectivity index (χ0n) is 12.1. The molecule has 22 heavy (non-hydrogen) atoms. The molecule has 3 rings (SSSR count). The van der Waals surface area contributed by atoms with Gasteiger partial charge in [-0.25, -0.2) is 4.98 Å². The summed E-state index contributed by atoms with van der Waals surface area (Å²) in [4.78, 5) is 17.5. The van der Waals surface area contributed by atoms with Crippen LogP contribution >= 0.6 is 22.9 Å². The molecule has 0 aliphatic carbocycles. The highest BCUT2D eigenvalue weighted by Gasteiger charge is 2.18. The Hall–Kier alpha value is -1.91. The highest BCUT2D eigenvalue weighted by Crippen LogP contribution is 2.32. The van der Waals surface area contributed by atoms with E-state index in [1.165, 1.54) is 16.7 Å². The molecule has 0 atom stereocenters. The van der Waals surface area contributed by atoms with Crippen molar-refractivity contribution in [2.75, 3.05) is 5.32 Å². The summed E-state index contributed by atoms with van der Waals surface area (Å²) in [7, 11) is 0. The molecule has 0 aliphatic rings. The smallest absolute Gasteiger partial charge is 0.267 e. The second kappa shape index (κ2) is 6.46. The van der Waals surface area contributed by atoms with Gasteiger partial charge >= 0.3 is 0 Å². The number of pyridine rings is 1. The Morgan fingerprint density at radius 2 is 2.14 bits per heavy atom. The summed E-state index contributed by atoms with van der Waals surface area (Å²) in [6.07, 6.45) is 3.46. The lowest BCUT2D eigenvalue weighted by atomic mass is 10.1. The fourth-order valence-corrected chi connectivity index (χ4v) is 3.73. The summed E-state index contributed by atoms with van der Waals surface area (Å²) >= 11 is 7.45. The molecule has 1 amide bonds. The predicted octanol–water partition coefficient (Wildman–Crippen LogP) is 5.15. The van der Waals surface area contributed by atoms with Gasteiger partial charge < -0.3 is 5.32 Å². The number of anilines is 1. The van der Waals surface area contributed by atoms with Gasteiger partial charge in [0.05, 0.1) is 4.88 Å². The fraction of sp³-hybridized carbons (Fsp3) is 0.176. The summed E-state index contributed by atoms with van der Waals surface area (Å²) in [5, 5.41) is 4.55. The number of fused-ring (bicyclic) bond motifs is 1. The number of aromatic nitrogens is 1. The zero-order valence-corrected chi connectivity index (χ0v) is 13.7. The quantitative estimate of drug-likeness (QED) is 0.718. The number of nitrogens with one attached hydrogen (secondary N) is 1. The Kier molecular flexibility index (Phi) is 4.41. The van der Waals surface area contributed by atoms with Crippen LogP contribution in [0.3, 0.4) is 0 Å². The first-order valence-corrected chi connectivity index (χ1v) is 8.31. The molecule has 3 aromatic rings. The molecule has 0 bridgehead atoms. The maximum atomic E-state index is 12.6. The summed E-state index contributed by atoms with van der Waals surface area (Å²) in [5.41, 5.74) is 1.11. The molecule has 1 N–H and O–H groups in total. The molecular formula is C17H15ClN2OS. The molecular weight excluding hydrogens is 316 g/mol. The Balaban J connectivity index is 1.98. The standard InChI is InChI=1S/C17H15ClN2OS/c1-2-5-13-12-6-3-4-7-14(12)22-16(13)17(21)20-15-10-11(18)8-9-19-15/h3-4,6-10H,2,5H2,1H3,(H,19,20,21). The maximum Gasteiger partial charge on any atom is 0.267 e. The maximum absolute atomic E-state index is 12.6. The van der Waals surface area contributed by atoms with Crippen LogP contribution in [0.2, 0.25) is 5.02 Å². The van der Waals surface area contributed by atoms with E-state index in [1.54, 1.807) is 18.3 Å². The lowest BCUT2D eigenvalue weighted by Gasteiger charge is -2.05. The van der Waals surface area contributed by atoms with Gasteiger partial charge in [0.2, 0.25) is 0 Å². The summed E-state index contributed by atoms with van der Waals surface area (Å²) in [5.74, 6) is 0.344. The number of carbonyl (C=O) groups excluding carboxylic acids is 1. The molecule has 0 saturated heterocycles. The number of hydrogen-bond donors (Lipinski definition) is 1. The van der Waals surface area contributed by atoms with Crippen molar-refractivity contribution in [1.82, 2.24) is 4.98 Å². The van der Waals surface area contributed by atoms with Crippen molar-refractivity contribution in [3.05, 3.63) is 58.1 Å². The number of amides is 1. The third-order valence-electron chi connectivity index (χ3n) is 3.37. The van der Waals surface area contributed by atoms with Gasteiger partial charge in [0.25, 0.3) is 5.91 Å². The Morgan fingerprint density at radius 1 is 1.32 bits per heavy atom. The fourth-order valence-electron chi connectivity index (χ4n) is 2.43. The van der Waals surface area contributed by atoms with Gasteiger partial charge in [-0.15, -0.1) is 11.3 Å². The van der Waals surface area contributed by atoms with E-state index in [0.717, 1.165) is 28.0 Å². The van der Waals surface area contributed by atoms with Crippen molar-refractivity contribution in [2.45, 2.75) is 19.8 Å². The molecule has 1 aromatic carbocycles. The molecule has 0 spiro atoms. The van der Waals surface area contributed by atoms with Gasteiger partial charge in [0, 0.05) is 15.9 Å². The number of rotatable bonds is 4. The van der Waals surface area contributed by atoms with Crippen molar-refractivity contribution < 1.29 is 4.79 Å². The second-order valence-corrected chi connectivity index (χ2v) is 6.46. The normalized spacial score (nSPS) is 10.8. The van der Waals surface area contributed by atoms with Crippen LogP contribution in [0.15, 0.2) is 42.6 Å². The van der Waals surface area contributed by atoms with Gasteiger partial charge in [-0.1, -0.05) is 43.1 Å². The van der Waals surface area contributed by atoms with E-state index >= 15 is 0 Å². The number of aryl methyl sites for hydroxylation is 1. The van der Waals surface area contributed by atoms with Crippen LogP contribution in [0.1, 0.15) is 28.6 Å². The predicted molar refractivity (Wildman–Crippen MR) is 93.0 cm³/mol. The van der Waals surface area contributed by atoms with Crippen molar-refractivity contribution in [3.8, 4) is 0 Å².